The summed E-state index contributed by atoms with van der Waals surface area (Å²) in [4.78, 5) is 26.6. The Labute approximate surface area is 125 Å². The van der Waals surface area contributed by atoms with E-state index >= 15 is 0 Å². The molecule has 0 aliphatic heterocycles. The minimum atomic E-state index is -0.464. The highest BCUT2D eigenvalue weighted by Gasteiger charge is 2.13. The van der Waals surface area contributed by atoms with Crippen LogP contribution in [0.4, 0.5) is 5.69 Å². The van der Waals surface area contributed by atoms with Crippen LogP contribution in [0.15, 0.2) is 24.3 Å². The maximum atomic E-state index is 12.2. The highest BCUT2D eigenvalue weighted by Crippen LogP contribution is 2.12. The van der Waals surface area contributed by atoms with Crippen molar-refractivity contribution in [2.75, 3.05) is 40.3 Å². The summed E-state index contributed by atoms with van der Waals surface area (Å²) < 4.78 is 0. The highest BCUT2D eigenvalue weighted by molar-refractivity contribution is 5.97. The van der Waals surface area contributed by atoms with Crippen LogP contribution >= 0.6 is 0 Å². The molecule has 1 aromatic rings. The van der Waals surface area contributed by atoms with Crippen LogP contribution in [-0.2, 0) is 0 Å². The molecule has 21 heavy (non-hydrogen) atoms. The molecule has 0 bridgehead atoms. The van der Waals surface area contributed by atoms with Crippen molar-refractivity contribution in [3.8, 4) is 0 Å². The fraction of sp³-hybridized carbons (Fsp3) is 0.533. The lowest BCUT2D eigenvalue weighted by Crippen LogP contribution is -2.36. The number of Topliss-reactive ketones (excluding diaryl/α,β-unsaturated/α-hetero) is 1. The first-order valence-electron chi connectivity index (χ1n) is 7.08. The van der Waals surface area contributed by atoms with Crippen LogP contribution in [-0.4, -0.2) is 60.8 Å². The first kappa shape index (κ1) is 17.3. The van der Waals surface area contributed by atoms with Crippen LogP contribution in [0.3, 0.4) is 0 Å². The van der Waals surface area contributed by atoms with Crippen molar-refractivity contribution >= 4 is 11.5 Å². The number of non-ortho nitro benzene ring substituents is 1. The van der Waals surface area contributed by atoms with Gasteiger partial charge in [-0.25, -0.2) is 0 Å². The molecule has 0 aliphatic rings. The zero-order valence-corrected chi connectivity index (χ0v) is 12.9. The summed E-state index contributed by atoms with van der Waals surface area (Å²) in [6.07, 6.45) is 0.987. The van der Waals surface area contributed by atoms with E-state index in [0.717, 1.165) is 26.1 Å². The van der Waals surface area contributed by atoms with Crippen molar-refractivity contribution in [3.63, 3.8) is 0 Å². The van der Waals surface area contributed by atoms with E-state index in [4.69, 9.17) is 0 Å². The quantitative estimate of drug-likeness (QED) is 0.396. The van der Waals surface area contributed by atoms with Gasteiger partial charge in [-0.15, -0.1) is 0 Å². The summed E-state index contributed by atoms with van der Waals surface area (Å²) >= 11 is 0. The lowest BCUT2D eigenvalue weighted by molar-refractivity contribution is -0.384. The fourth-order valence-corrected chi connectivity index (χ4v) is 1.99. The van der Waals surface area contributed by atoms with Gasteiger partial charge in [0.25, 0.3) is 5.69 Å². The lowest BCUT2D eigenvalue weighted by Gasteiger charge is -2.22. The fourth-order valence-electron chi connectivity index (χ4n) is 1.99. The lowest BCUT2D eigenvalue weighted by atomic mass is 10.1. The average molecular weight is 293 g/mol. The molecule has 1 rings (SSSR count). The second kappa shape index (κ2) is 8.49. The largest absolute Gasteiger partial charge is 0.308 e. The molecule has 0 saturated heterocycles. The van der Waals surface area contributed by atoms with Gasteiger partial charge in [-0.2, -0.15) is 0 Å². The standard InChI is InChI=1S/C15H23N3O3/c1-4-9-17(11-10-16(2)3)12-15(19)13-5-7-14(8-6-13)18(20)21/h5-8H,4,9-12H2,1-3H3. The molecule has 0 atom stereocenters. The first-order chi connectivity index (χ1) is 9.93. The maximum absolute atomic E-state index is 12.2. The molecule has 0 unspecified atom stereocenters. The van der Waals surface area contributed by atoms with E-state index in [1.165, 1.54) is 24.3 Å². The number of hydrogen-bond acceptors (Lipinski definition) is 5. The van der Waals surface area contributed by atoms with E-state index in [2.05, 4.69) is 16.7 Å². The Morgan fingerprint density at radius 3 is 2.24 bits per heavy atom. The average Bonchev–Trinajstić information content (AvgIpc) is 2.45. The zero-order valence-electron chi connectivity index (χ0n) is 12.9. The zero-order chi connectivity index (χ0) is 15.8. The number of ketones is 1. The molecule has 0 amide bonds. The highest BCUT2D eigenvalue weighted by atomic mass is 16.6. The van der Waals surface area contributed by atoms with Gasteiger partial charge < -0.3 is 4.90 Å². The molecule has 0 heterocycles. The van der Waals surface area contributed by atoms with Crippen LogP contribution < -0.4 is 0 Å². The van der Waals surface area contributed by atoms with Crippen LogP contribution in [0, 0.1) is 10.1 Å². The normalized spacial score (nSPS) is 11.1. The van der Waals surface area contributed by atoms with Crippen molar-refractivity contribution in [2.45, 2.75) is 13.3 Å². The summed E-state index contributed by atoms with van der Waals surface area (Å²) in [5, 5.41) is 10.6. The van der Waals surface area contributed by atoms with E-state index in [1.807, 2.05) is 14.1 Å². The molecular weight excluding hydrogens is 270 g/mol. The molecular formula is C15H23N3O3. The molecule has 116 valence electrons. The minimum absolute atomic E-state index is 0.00268. The molecule has 6 nitrogen and oxygen atoms in total. The molecule has 6 heteroatoms. The Morgan fingerprint density at radius 2 is 1.76 bits per heavy atom. The number of hydrogen-bond donors (Lipinski definition) is 0. The van der Waals surface area contributed by atoms with Crippen LogP contribution in [0.2, 0.25) is 0 Å². The molecule has 0 aliphatic carbocycles. The van der Waals surface area contributed by atoms with Crippen LogP contribution in [0.5, 0.6) is 0 Å². The SMILES string of the molecule is CCCN(CCN(C)C)CC(=O)c1ccc([N+](=O)[O-])cc1. The first-order valence-corrected chi connectivity index (χ1v) is 7.08. The Morgan fingerprint density at radius 1 is 1.14 bits per heavy atom. The Bertz CT molecular complexity index is 472. The van der Waals surface area contributed by atoms with Gasteiger partial charge in [-0.3, -0.25) is 19.8 Å². The number of nitrogens with zero attached hydrogens (tertiary/aromatic N) is 3. The van der Waals surface area contributed by atoms with Gasteiger partial charge in [-0.1, -0.05) is 6.92 Å². The Hall–Kier alpha value is -1.79. The van der Waals surface area contributed by atoms with Gasteiger partial charge in [0.05, 0.1) is 11.5 Å². The van der Waals surface area contributed by atoms with Crippen molar-refractivity contribution in [3.05, 3.63) is 39.9 Å². The summed E-state index contributed by atoms with van der Waals surface area (Å²) in [7, 11) is 4.00. The predicted octanol–water partition coefficient (Wildman–Crippen LogP) is 2.05. The van der Waals surface area contributed by atoms with E-state index in [1.54, 1.807) is 0 Å². The van der Waals surface area contributed by atoms with E-state index in [-0.39, 0.29) is 11.5 Å². The number of rotatable bonds is 9. The molecule has 0 fully saturated rings. The van der Waals surface area contributed by atoms with Gasteiger partial charge in [-0.05, 0) is 39.2 Å². The number of nitro groups is 1. The second-order valence-electron chi connectivity index (χ2n) is 5.31. The van der Waals surface area contributed by atoms with Crippen LogP contribution in [0.1, 0.15) is 23.7 Å². The van der Waals surface area contributed by atoms with E-state index in [0.29, 0.717) is 12.1 Å². The number of carbonyl (C=O) groups is 1. The monoisotopic (exact) mass is 293 g/mol. The molecule has 1 aromatic carbocycles. The number of carbonyl (C=O) groups excluding carboxylic acids is 1. The smallest absolute Gasteiger partial charge is 0.269 e. The van der Waals surface area contributed by atoms with Crippen LogP contribution in [0.25, 0.3) is 0 Å². The Balaban J connectivity index is 2.65. The summed E-state index contributed by atoms with van der Waals surface area (Å²) in [5.74, 6) is -0.00268. The van der Waals surface area contributed by atoms with E-state index < -0.39 is 4.92 Å². The van der Waals surface area contributed by atoms with Crippen molar-refractivity contribution < 1.29 is 9.72 Å². The molecule has 0 N–H and O–H groups in total. The van der Waals surface area contributed by atoms with Crippen molar-refractivity contribution in [2.24, 2.45) is 0 Å². The van der Waals surface area contributed by atoms with Gasteiger partial charge >= 0.3 is 0 Å². The number of likely N-dealkylation sites (N-methyl/N-ethyl adjacent to an activating group) is 1. The number of nitro benzene ring substituents is 1. The van der Waals surface area contributed by atoms with Crippen molar-refractivity contribution in [1.82, 2.24) is 9.80 Å². The minimum Gasteiger partial charge on any atom is -0.308 e. The third-order valence-electron chi connectivity index (χ3n) is 3.17. The summed E-state index contributed by atoms with van der Waals surface area (Å²) in [6.45, 7) is 5.03. The second-order valence-corrected chi connectivity index (χ2v) is 5.31. The molecule has 0 spiro atoms. The van der Waals surface area contributed by atoms with Gasteiger partial charge in [0.15, 0.2) is 5.78 Å². The molecule has 0 saturated carbocycles. The van der Waals surface area contributed by atoms with Gasteiger partial charge in [0.2, 0.25) is 0 Å². The summed E-state index contributed by atoms with van der Waals surface area (Å²) in [5.41, 5.74) is 0.524. The molecule has 0 radical (unpaired) electrons. The molecule has 0 aromatic heterocycles. The predicted molar refractivity (Wildman–Crippen MR) is 82.7 cm³/mol. The number of benzene rings is 1. The van der Waals surface area contributed by atoms with Gasteiger partial charge in [0, 0.05) is 30.8 Å². The van der Waals surface area contributed by atoms with Gasteiger partial charge in [0.1, 0.15) is 0 Å². The summed E-state index contributed by atoms with van der Waals surface area (Å²) in [6, 6.07) is 5.79. The maximum Gasteiger partial charge on any atom is 0.269 e. The Kier molecular flexibility index (Phi) is 6.98. The van der Waals surface area contributed by atoms with E-state index in [9.17, 15) is 14.9 Å². The van der Waals surface area contributed by atoms with Crippen molar-refractivity contribution in [1.29, 1.82) is 0 Å². The third kappa shape index (κ3) is 6.01. The topological polar surface area (TPSA) is 66.7 Å². The third-order valence-corrected chi connectivity index (χ3v) is 3.17.